The van der Waals surface area contributed by atoms with Gasteiger partial charge < -0.3 is 9.55 Å². The first-order valence-electron chi connectivity index (χ1n) is 6.48. The summed E-state index contributed by atoms with van der Waals surface area (Å²) in [5, 5.41) is 0. The van der Waals surface area contributed by atoms with Gasteiger partial charge in [-0.05, 0) is 43.3 Å². The molecule has 0 aliphatic heterocycles. The zero-order valence-corrected chi connectivity index (χ0v) is 13.4. The van der Waals surface area contributed by atoms with Crippen LogP contribution >= 0.6 is 28.1 Å². The van der Waals surface area contributed by atoms with E-state index in [1.54, 1.807) is 0 Å². The van der Waals surface area contributed by atoms with Gasteiger partial charge in [0.1, 0.15) is 0 Å². The van der Waals surface area contributed by atoms with Crippen LogP contribution in [0.1, 0.15) is 39.7 Å². The third-order valence-electron chi connectivity index (χ3n) is 3.82. The van der Waals surface area contributed by atoms with E-state index in [9.17, 15) is 0 Å². The van der Waals surface area contributed by atoms with Gasteiger partial charge >= 0.3 is 0 Å². The number of aromatic amines is 1. The number of nitrogens with zero attached hydrogens (tertiary/aromatic N) is 1. The molecule has 18 heavy (non-hydrogen) atoms. The lowest BCUT2D eigenvalue weighted by molar-refractivity contribution is 0.337. The van der Waals surface area contributed by atoms with Crippen LogP contribution in [0.3, 0.4) is 0 Å². The lowest BCUT2D eigenvalue weighted by Crippen LogP contribution is -2.15. The maximum absolute atomic E-state index is 5.48. The van der Waals surface area contributed by atoms with Crippen LogP contribution in [-0.2, 0) is 0 Å². The molecule has 0 spiro atoms. The molecule has 0 amide bonds. The van der Waals surface area contributed by atoms with E-state index in [4.69, 9.17) is 12.2 Å². The Balaban J connectivity index is 2.56. The Morgan fingerprint density at radius 3 is 2.61 bits per heavy atom. The van der Waals surface area contributed by atoms with Crippen LogP contribution in [0.15, 0.2) is 22.7 Å². The molecular weight excluding hydrogens is 308 g/mol. The normalized spacial score (nSPS) is 13.4. The summed E-state index contributed by atoms with van der Waals surface area (Å²) in [5.41, 5.74) is 2.30. The first kappa shape index (κ1) is 13.8. The van der Waals surface area contributed by atoms with Gasteiger partial charge in [-0.15, -0.1) is 0 Å². The third-order valence-corrected chi connectivity index (χ3v) is 4.61. The number of hydrogen-bond acceptors (Lipinski definition) is 1. The molecule has 1 aromatic carbocycles. The Labute approximate surface area is 122 Å². The van der Waals surface area contributed by atoms with Crippen molar-refractivity contribution in [1.29, 1.82) is 0 Å². The molecule has 2 aromatic rings. The van der Waals surface area contributed by atoms with E-state index in [1.165, 1.54) is 18.4 Å². The number of nitrogens with one attached hydrogen (secondary N) is 1. The van der Waals surface area contributed by atoms with Crippen LogP contribution in [0.4, 0.5) is 0 Å². The molecule has 0 fully saturated rings. The van der Waals surface area contributed by atoms with Gasteiger partial charge in [0.2, 0.25) is 0 Å². The van der Waals surface area contributed by atoms with E-state index in [-0.39, 0.29) is 0 Å². The summed E-state index contributed by atoms with van der Waals surface area (Å²) in [6.45, 7) is 6.77. The summed E-state index contributed by atoms with van der Waals surface area (Å²) in [7, 11) is 0. The molecule has 0 aliphatic rings. The van der Waals surface area contributed by atoms with E-state index in [1.807, 2.05) is 0 Å². The van der Waals surface area contributed by atoms with Gasteiger partial charge in [-0.1, -0.05) is 42.6 Å². The van der Waals surface area contributed by atoms with Crippen molar-refractivity contribution in [2.24, 2.45) is 5.92 Å². The molecule has 0 radical (unpaired) electrons. The number of aromatic nitrogens is 2. The molecule has 1 aromatic heterocycles. The Hall–Kier alpha value is -0.610. The topological polar surface area (TPSA) is 20.7 Å². The van der Waals surface area contributed by atoms with Crippen LogP contribution in [-0.4, -0.2) is 9.55 Å². The highest BCUT2D eigenvalue weighted by atomic mass is 79.9. The Bertz CT molecular complexity index is 595. The molecule has 0 saturated heterocycles. The average molecular weight is 327 g/mol. The fourth-order valence-corrected chi connectivity index (χ4v) is 3.42. The fraction of sp³-hybridized carbons (Fsp3) is 0.500. The van der Waals surface area contributed by atoms with Crippen LogP contribution in [0.5, 0.6) is 0 Å². The zero-order valence-electron chi connectivity index (χ0n) is 11.0. The van der Waals surface area contributed by atoms with Crippen LogP contribution in [0, 0.1) is 10.7 Å². The molecule has 1 N–H and O–H groups in total. The van der Waals surface area contributed by atoms with Crippen LogP contribution in [0.25, 0.3) is 11.0 Å². The summed E-state index contributed by atoms with van der Waals surface area (Å²) < 4.78 is 4.16. The lowest BCUT2D eigenvalue weighted by Gasteiger charge is -2.23. The highest BCUT2D eigenvalue weighted by Crippen LogP contribution is 2.29. The van der Waals surface area contributed by atoms with Gasteiger partial charge in [0.15, 0.2) is 4.77 Å². The quantitative estimate of drug-likeness (QED) is 0.740. The van der Waals surface area contributed by atoms with E-state index in [0.717, 1.165) is 14.8 Å². The summed E-state index contributed by atoms with van der Waals surface area (Å²) in [5.74, 6) is 0.666. The SMILES string of the molecule is CCC(CC)C(C)n1c(=S)[nH]c2cc(Br)ccc21. The van der Waals surface area contributed by atoms with Crippen molar-refractivity contribution in [1.82, 2.24) is 9.55 Å². The molecule has 1 unspecified atom stereocenters. The largest absolute Gasteiger partial charge is 0.331 e. The molecule has 0 saturated carbocycles. The second kappa shape index (κ2) is 5.57. The fourth-order valence-electron chi connectivity index (χ4n) is 2.69. The third kappa shape index (κ3) is 2.41. The summed E-state index contributed by atoms with van der Waals surface area (Å²) in [6.07, 6.45) is 2.37. The van der Waals surface area contributed by atoms with E-state index in [2.05, 4.69) is 64.5 Å². The van der Waals surface area contributed by atoms with Crippen molar-refractivity contribution in [3.8, 4) is 0 Å². The van der Waals surface area contributed by atoms with Crippen LogP contribution < -0.4 is 0 Å². The molecule has 1 heterocycles. The second-order valence-electron chi connectivity index (χ2n) is 4.78. The van der Waals surface area contributed by atoms with Gasteiger partial charge in [0.05, 0.1) is 11.0 Å². The van der Waals surface area contributed by atoms with Crippen LogP contribution in [0.2, 0.25) is 0 Å². The van der Waals surface area contributed by atoms with E-state index >= 15 is 0 Å². The van der Waals surface area contributed by atoms with E-state index < -0.39 is 0 Å². The number of fused-ring (bicyclic) bond motifs is 1. The lowest BCUT2D eigenvalue weighted by atomic mass is 9.95. The van der Waals surface area contributed by atoms with Gasteiger partial charge in [-0.25, -0.2) is 0 Å². The van der Waals surface area contributed by atoms with Crippen molar-refractivity contribution in [3.63, 3.8) is 0 Å². The van der Waals surface area contributed by atoms with Crippen molar-refractivity contribution in [2.45, 2.75) is 39.7 Å². The monoisotopic (exact) mass is 326 g/mol. The Kier molecular flexibility index (Phi) is 4.28. The molecule has 0 aliphatic carbocycles. The zero-order chi connectivity index (χ0) is 13.3. The minimum absolute atomic E-state index is 0.433. The molecule has 0 bridgehead atoms. The van der Waals surface area contributed by atoms with Gasteiger partial charge in [-0.3, -0.25) is 0 Å². The first-order valence-corrected chi connectivity index (χ1v) is 7.68. The maximum atomic E-state index is 5.48. The predicted octanol–water partition coefficient (Wildman–Crippen LogP) is 5.46. The highest BCUT2D eigenvalue weighted by Gasteiger charge is 2.18. The minimum Gasteiger partial charge on any atom is -0.331 e. The van der Waals surface area contributed by atoms with Crippen molar-refractivity contribution < 1.29 is 0 Å². The molecule has 2 nitrogen and oxygen atoms in total. The molecule has 4 heteroatoms. The number of hydrogen-bond donors (Lipinski definition) is 1. The summed E-state index contributed by atoms with van der Waals surface area (Å²) in [4.78, 5) is 3.30. The number of halogens is 1. The molecular formula is C14H19BrN2S. The average Bonchev–Trinajstić information content (AvgIpc) is 2.65. The van der Waals surface area contributed by atoms with Gasteiger partial charge in [-0.2, -0.15) is 0 Å². The van der Waals surface area contributed by atoms with Crippen molar-refractivity contribution >= 4 is 39.2 Å². The number of imidazole rings is 1. The number of H-pyrrole nitrogens is 1. The second-order valence-corrected chi connectivity index (χ2v) is 6.08. The minimum atomic E-state index is 0.433. The molecule has 98 valence electrons. The molecule has 1 atom stereocenters. The first-order chi connectivity index (χ1) is 8.58. The summed E-state index contributed by atoms with van der Waals surface area (Å²) >= 11 is 8.98. The maximum Gasteiger partial charge on any atom is 0.178 e. The standard InChI is InChI=1S/C14H19BrN2S/c1-4-10(5-2)9(3)17-13-7-6-11(15)8-12(13)16-14(17)18/h6-10H,4-5H2,1-3H3,(H,16,18). The van der Waals surface area contributed by atoms with Gasteiger partial charge in [0, 0.05) is 10.5 Å². The highest BCUT2D eigenvalue weighted by molar-refractivity contribution is 9.10. The molecule has 2 rings (SSSR count). The van der Waals surface area contributed by atoms with Crippen molar-refractivity contribution in [3.05, 3.63) is 27.4 Å². The van der Waals surface area contributed by atoms with Gasteiger partial charge in [0.25, 0.3) is 0 Å². The smallest absolute Gasteiger partial charge is 0.178 e. The van der Waals surface area contributed by atoms with E-state index in [0.29, 0.717) is 12.0 Å². The van der Waals surface area contributed by atoms with Crippen molar-refractivity contribution in [2.75, 3.05) is 0 Å². The number of benzene rings is 1. The predicted molar refractivity (Wildman–Crippen MR) is 83.6 cm³/mol. The summed E-state index contributed by atoms with van der Waals surface area (Å²) in [6, 6.07) is 6.72. The number of rotatable bonds is 4. The Morgan fingerprint density at radius 2 is 2.00 bits per heavy atom. The Morgan fingerprint density at radius 1 is 1.33 bits per heavy atom.